The lowest BCUT2D eigenvalue weighted by molar-refractivity contribution is 0.375. The molecule has 0 aromatic heterocycles. The second-order valence-corrected chi connectivity index (χ2v) is 7.06. The van der Waals surface area contributed by atoms with E-state index in [9.17, 15) is 8.42 Å². The first-order chi connectivity index (χ1) is 8.49. The summed E-state index contributed by atoms with van der Waals surface area (Å²) in [4.78, 5) is 0. The lowest BCUT2D eigenvalue weighted by Gasteiger charge is -2.27. The highest BCUT2D eigenvalue weighted by Crippen LogP contribution is 2.22. The molecule has 0 saturated carbocycles. The normalized spacial score (nSPS) is 19.7. The maximum absolute atomic E-state index is 12.4. The molecule has 4 nitrogen and oxygen atoms in total. The number of rotatable bonds is 2. The number of anilines is 1. The van der Waals surface area contributed by atoms with Crippen LogP contribution in [0, 0.1) is 5.92 Å². The molecule has 1 N–H and O–H groups in total. The van der Waals surface area contributed by atoms with Gasteiger partial charge in [-0.1, -0.05) is 32.0 Å². The fraction of sp³-hybridized carbons (Fsp3) is 0.538. The van der Waals surface area contributed by atoms with Crippen molar-refractivity contribution in [3.8, 4) is 0 Å². The van der Waals surface area contributed by atoms with Crippen molar-refractivity contribution >= 4 is 15.7 Å². The van der Waals surface area contributed by atoms with Crippen molar-refractivity contribution in [1.29, 1.82) is 0 Å². The van der Waals surface area contributed by atoms with Crippen LogP contribution in [0.2, 0.25) is 0 Å². The zero-order chi connectivity index (χ0) is 13.2. The molecule has 0 amide bonds. The molecule has 0 bridgehead atoms. The van der Waals surface area contributed by atoms with E-state index < -0.39 is 10.0 Å². The Labute approximate surface area is 109 Å². The molecule has 0 fully saturated rings. The van der Waals surface area contributed by atoms with Gasteiger partial charge in [-0.05, 0) is 17.5 Å². The summed E-state index contributed by atoms with van der Waals surface area (Å²) in [5, 5.41) is 3.30. The maximum atomic E-state index is 12.4. The van der Waals surface area contributed by atoms with Crippen LogP contribution in [0.3, 0.4) is 0 Å². The van der Waals surface area contributed by atoms with Gasteiger partial charge < -0.3 is 5.32 Å². The van der Waals surface area contributed by atoms with Gasteiger partial charge in [0.1, 0.15) is 0 Å². The minimum absolute atomic E-state index is 0.0862. The molecule has 0 atom stereocenters. The van der Waals surface area contributed by atoms with E-state index in [4.69, 9.17) is 0 Å². The van der Waals surface area contributed by atoms with Crippen molar-refractivity contribution in [3.05, 3.63) is 29.8 Å². The molecule has 1 heterocycles. The van der Waals surface area contributed by atoms with Crippen LogP contribution in [0.15, 0.2) is 24.3 Å². The van der Waals surface area contributed by atoms with Crippen molar-refractivity contribution in [1.82, 2.24) is 4.31 Å². The molecule has 0 unspecified atom stereocenters. The van der Waals surface area contributed by atoms with E-state index in [1.165, 1.54) is 0 Å². The summed E-state index contributed by atoms with van der Waals surface area (Å²) in [5.41, 5.74) is 1.79. The maximum Gasteiger partial charge on any atom is 0.218 e. The Kier molecular flexibility index (Phi) is 3.92. The van der Waals surface area contributed by atoms with E-state index in [1.54, 1.807) is 4.31 Å². The molecule has 0 aliphatic carbocycles. The first-order valence-electron chi connectivity index (χ1n) is 6.28. The number of sulfonamides is 1. The molecule has 0 spiro atoms. The second kappa shape index (κ2) is 5.28. The number of fused-ring (bicyclic) bond motifs is 1. The first-order valence-corrected chi connectivity index (χ1v) is 7.89. The summed E-state index contributed by atoms with van der Waals surface area (Å²) in [6, 6.07) is 7.61. The van der Waals surface area contributed by atoms with Crippen LogP contribution >= 0.6 is 0 Å². The molecular weight excluding hydrogens is 248 g/mol. The second-order valence-electron chi connectivity index (χ2n) is 5.09. The first kappa shape index (κ1) is 13.4. The van der Waals surface area contributed by atoms with Crippen LogP contribution in [0.5, 0.6) is 0 Å². The summed E-state index contributed by atoms with van der Waals surface area (Å²) in [6.45, 7) is 5.86. The summed E-state index contributed by atoms with van der Waals surface area (Å²) >= 11 is 0. The molecule has 5 heteroatoms. The van der Waals surface area contributed by atoms with Gasteiger partial charge in [0.15, 0.2) is 0 Å². The zero-order valence-electron chi connectivity index (χ0n) is 10.9. The van der Waals surface area contributed by atoms with Crippen molar-refractivity contribution < 1.29 is 8.42 Å². The Balaban J connectivity index is 2.29. The smallest absolute Gasteiger partial charge is 0.218 e. The molecule has 1 aromatic rings. The molecule has 1 aliphatic heterocycles. The van der Waals surface area contributed by atoms with Crippen LogP contribution in [-0.4, -0.2) is 32.4 Å². The van der Waals surface area contributed by atoms with Gasteiger partial charge in [-0.2, -0.15) is 4.31 Å². The highest BCUT2D eigenvalue weighted by atomic mass is 32.2. The van der Waals surface area contributed by atoms with Crippen LogP contribution < -0.4 is 5.32 Å². The fourth-order valence-corrected chi connectivity index (χ4v) is 3.89. The number of hydrogen-bond acceptors (Lipinski definition) is 3. The number of nitrogens with one attached hydrogen (secondary N) is 1. The molecule has 1 aromatic carbocycles. The van der Waals surface area contributed by atoms with E-state index >= 15 is 0 Å². The van der Waals surface area contributed by atoms with Gasteiger partial charge in [0.25, 0.3) is 0 Å². The predicted octanol–water partition coefficient (Wildman–Crippen LogP) is 1.90. The SMILES string of the molecule is CC(C)CN1CCNc2ccccc2CS1(=O)=O. The van der Waals surface area contributed by atoms with Crippen LogP contribution in [0.1, 0.15) is 19.4 Å². The standard InChI is InChI=1S/C13H20N2O2S/c1-11(2)9-15-8-7-14-13-6-4-3-5-12(13)10-18(15,16)17/h3-6,11,14H,7-10H2,1-2H3. The summed E-state index contributed by atoms with van der Waals surface area (Å²) < 4.78 is 26.3. The van der Waals surface area contributed by atoms with Crippen molar-refractivity contribution in [2.24, 2.45) is 5.92 Å². The molecule has 2 rings (SSSR count). The Bertz CT molecular complexity index is 511. The van der Waals surface area contributed by atoms with Crippen molar-refractivity contribution in [2.75, 3.05) is 25.0 Å². The van der Waals surface area contributed by atoms with Gasteiger partial charge in [0.05, 0.1) is 5.75 Å². The van der Waals surface area contributed by atoms with Gasteiger partial charge in [0.2, 0.25) is 10.0 Å². The van der Waals surface area contributed by atoms with Gasteiger partial charge in [-0.3, -0.25) is 0 Å². The number of nitrogens with zero attached hydrogens (tertiary/aromatic N) is 1. The summed E-state index contributed by atoms with van der Waals surface area (Å²) in [5.74, 6) is 0.428. The van der Waals surface area contributed by atoms with Crippen LogP contribution in [-0.2, 0) is 15.8 Å². The average Bonchev–Trinajstić information content (AvgIpc) is 2.27. The summed E-state index contributed by atoms with van der Waals surface area (Å²) in [6.07, 6.45) is 0. The average molecular weight is 268 g/mol. The molecule has 0 radical (unpaired) electrons. The zero-order valence-corrected chi connectivity index (χ0v) is 11.7. The highest BCUT2D eigenvalue weighted by Gasteiger charge is 2.25. The Morgan fingerprint density at radius 1 is 1.33 bits per heavy atom. The van der Waals surface area contributed by atoms with Crippen LogP contribution in [0.4, 0.5) is 5.69 Å². The monoisotopic (exact) mass is 268 g/mol. The number of hydrogen-bond donors (Lipinski definition) is 1. The lowest BCUT2D eigenvalue weighted by atomic mass is 10.2. The molecule has 18 heavy (non-hydrogen) atoms. The van der Waals surface area contributed by atoms with Crippen molar-refractivity contribution in [3.63, 3.8) is 0 Å². The van der Waals surface area contributed by atoms with Gasteiger partial charge >= 0.3 is 0 Å². The molecule has 1 aliphatic rings. The van der Waals surface area contributed by atoms with E-state index in [-0.39, 0.29) is 5.75 Å². The van der Waals surface area contributed by atoms with E-state index in [0.29, 0.717) is 25.6 Å². The van der Waals surface area contributed by atoms with Gasteiger partial charge in [-0.25, -0.2) is 8.42 Å². The third-order valence-electron chi connectivity index (χ3n) is 2.99. The third kappa shape index (κ3) is 3.03. The number of benzene rings is 1. The quantitative estimate of drug-likeness (QED) is 0.891. The molecular formula is C13H20N2O2S. The topological polar surface area (TPSA) is 49.4 Å². The van der Waals surface area contributed by atoms with E-state index in [0.717, 1.165) is 11.3 Å². The Morgan fingerprint density at radius 3 is 2.78 bits per heavy atom. The Hall–Kier alpha value is -1.07. The van der Waals surface area contributed by atoms with Crippen molar-refractivity contribution in [2.45, 2.75) is 19.6 Å². The van der Waals surface area contributed by atoms with Gasteiger partial charge in [-0.15, -0.1) is 0 Å². The Morgan fingerprint density at radius 2 is 2.06 bits per heavy atom. The minimum Gasteiger partial charge on any atom is -0.383 e. The molecule has 0 saturated heterocycles. The predicted molar refractivity (Wildman–Crippen MR) is 74.0 cm³/mol. The lowest BCUT2D eigenvalue weighted by Crippen LogP contribution is -2.39. The largest absolute Gasteiger partial charge is 0.383 e. The summed E-state index contributed by atoms with van der Waals surface area (Å²) in [7, 11) is -3.20. The van der Waals surface area contributed by atoms with Gasteiger partial charge in [0, 0.05) is 25.3 Å². The fourth-order valence-electron chi connectivity index (χ4n) is 2.17. The van der Waals surface area contributed by atoms with E-state index in [1.807, 2.05) is 38.1 Å². The van der Waals surface area contributed by atoms with E-state index in [2.05, 4.69) is 5.32 Å². The third-order valence-corrected chi connectivity index (χ3v) is 4.79. The number of para-hydroxylation sites is 1. The molecule has 100 valence electrons. The van der Waals surface area contributed by atoms with Crippen LogP contribution in [0.25, 0.3) is 0 Å². The minimum atomic E-state index is -3.20. The highest BCUT2D eigenvalue weighted by molar-refractivity contribution is 7.88.